The normalized spacial score (nSPS) is 25.7. The minimum absolute atomic E-state index is 0.153. The Morgan fingerprint density at radius 1 is 1.33 bits per heavy atom. The Labute approximate surface area is 89.3 Å². The lowest BCUT2D eigenvalue weighted by Gasteiger charge is -2.42. The summed E-state index contributed by atoms with van der Waals surface area (Å²) in [7, 11) is 1.43. The van der Waals surface area contributed by atoms with Gasteiger partial charge in [-0.25, -0.2) is 0 Å². The number of rotatable bonds is 3. The van der Waals surface area contributed by atoms with Crippen molar-refractivity contribution in [1.82, 2.24) is 4.90 Å². The molecule has 2 heterocycles. The molecule has 0 atom stereocenters. The largest absolute Gasteiger partial charge is 0.468 e. The van der Waals surface area contributed by atoms with Crippen LogP contribution in [0.1, 0.15) is 0 Å². The second-order valence-electron chi connectivity index (χ2n) is 4.15. The Kier molecular flexibility index (Phi) is 3.23. The molecule has 0 amide bonds. The van der Waals surface area contributed by atoms with Crippen LogP contribution in [-0.4, -0.2) is 64.0 Å². The summed E-state index contributed by atoms with van der Waals surface area (Å²) in [6, 6.07) is 0. The summed E-state index contributed by atoms with van der Waals surface area (Å²) in [4.78, 5) is 13.9. The van der Waals surface area contributed by atoms with Crippen molar-refractivity contribution in [2.24, 2.45) is 5.41 Å². The maximum Gasteiger partial charge on any atom is 0.317 e. The Morgan fingerprint density at radius 2 is 2.00 bits per heavy atom. The predicted octanol–water partition coefficient (Wildman–Crippen LogP) is -0.492. The average molecular weight is 215 g/mol. The van der Waals surface area contributed by atoms with Crippen molar-refractivity contribution in [3.8, 4) is 0 Å². The van der Waals surface area contributed by atoms with E-state index in [9.17, 15) is 4.79 Å². The standard InChI is InChI=1S/C10H17NO4/c1-13-9(12)10(7-15-8-10)6-11-2-4-14-5-3-11/h2-8H2,1H3. The van der Waals surface area contributed by atoms with Crippen molar-refractivity contribution in [2.45, 2.75) is 0 Å². The first-order chi connectivity index (χ1) is 7.27. The fourth-order valence-corrected chi connectivity index (χ4v) is 2.03. The van der Waals surface area contributed by atoms with Crippen LogP contribution < -0.4 is 0 Å². The third kappa shape index (κ3) is 2.14. The average Bonchev–Trinajstić information content (AvgIpc) is 2.24. The number of methoxy groups -OCH3 is 1. The SMILES string of the molecule is COC(=O)C1(CN2CCOCC2)COC1. The van der Waals surface area contributed by atoms with E-state index in [-0.39, 0.29) is 5.97 Å². The quantitative estimate of drug-likeness (QED) is 0.594. The lowest BCUT2D eigenvalue weighted by Crippen LogP contribution is -2.57. The van der Waals surface area contributed by atoms with Crippen LogP contribution in [0.15, 0.2) is 0 Å². The number of ether oxygens (including phenoxy) is 3. The number of hydrogen-bond acceptors (Lipinski definition) is 5. The van der Waals surface area contributed by atoms with Gasteiger partial charge in [0.2, 0.25) is 0 Å². The highest BCUT2D eigenvalue weighted by molar-refractivity contribution is 5.78. The molecule has 2 saturated heterocycles. The molecule has 5 heteroatoms. The van der Waals surface area contributed by atoms with Gasteiger partial charge < -0.3 is 14.2 Å². The van der Waals surface area contributed by atoms with Crippen LogP contribution in [0.2, 0.25) is 0 Å². The van der Waals surface area contributed by atoms with Gasteiger partial charge in [0.05, 0.1) is 33.5 Å². The molecule has 2 aliphatic rings. The molecule has 2 aliphatic heterocycles. The van der Waals surface area contributed by atoms with E-state index in [1.54, 1.807) is 0 Å². The highest BCUT2D eigenvalue weighted by atomic mass is 16.5. The molecular weight excluding hydrogens is 198 g/mol. The van der Waals surface area contributed by atoms with Gasteiger partial charge in [0.1, 0.15) is 5.41 Å². The van der Waals surface area contributed by atoms with Crippen LogP contribution in [0.25, 0.3) is 0 Å². The van der Waals surface area contributed by atoms with Crippen molar-refractivity contribution < 1.29 is 19.0 Å². The van der Waals surface area contributed by atoms with E-state index in [1.165, 1.54) is 7.11 Å². The highest BCUT2D eigenvalue weighted by Crippen LogP contribution is 2.30. The Balaban J connectivity index is 1.92. The minimum atomic E-state index is -0.425. The summed E-state index contributed by atoms with van der Waals surface area (Å²) in [5.41, 5.74) is -0.425. The zero-order valence-corrected chi connectivity index (χ0v) is 9.03. The van der Waals surface area contributed by atoms with Crippen LogP contribution in [-0.2, 0) is 19.0 Å². The van der Waals surface area contributed by atoms with Crippen molar-refractivity contribution in [2.75, 3.05) is 53.2 Å². The fraction of sp³-hybridized carbons (Fsp3) is 0.900. The van der Waals surface area contributed by atoms with Crippen LogP contribution in [0.4, 0.5) is 0 Å². The number of carbonyl (C=O) groups excluding carboxylic acids is 1. The summed E-state index contributed by atoms with van der Waals surface area (Å²) in [5, 5.41) is 0. The molecule has 0 aromatic heterocycles. The smallest absolute Gasteiger partial charge is 0.317 e. The molecule has 0 aliphatic carbocycles. The summed E-state index contributed by atoms with van der Waals surface area (Å²) in [5.74, 6) is -0.153. The van der Waals surface area contributed by atoms with E-state index in [0.717, 1.165) is 32.8 Å². The van der Waals surface area contributed by atoms with Gasteiger partial charge in [0.25, 0.3) is 0 Å². The molecule has 0 aromatic carbocycles. The topological polar surface area (TPSA) is 48.0 Å². The maximum atomic E-state index is 11.6. The first-order valence-corrected chi connectivity index (χ1v) is 5.23. The van der Waals surface area contributed by atoms with Crippen LogP contribution in [0.5, 0.6) is 0 Å². The van der Waals surface area contributed by atoms with Crippen molar-refractivity contribution in [1.29, 1.82) is 0 Å². The predicted molar refractivity (Wildman–Crippen MR) is 52.5 cm³/mol. The zero-order chi connectivity index (χ0) is 10.7. The number of esters is 1. The van der Waals surface area contributed by atoms with Crippen LogP contribution in [0.3, 0.4) is 0 Å². The molecule has 5 nitrogen and oxygen atoms in total. The molecular formula is C10H17NO4. The Morgan fingerprint density at radius 3 is 2.47 bits per heavy atom. The third-order valence-corrected chi connectivity index (χ3v) is 3.01. The van der Waals surface area contributed by atoms with Gasteiger partial charge in [-0.3, -0.25) is 9.69 Å². The number of nitrogens with zero attached hydrogens (tertiary/aromatic N) is 1. The summed E-state index contributed by atoms with van der Waals surface area (Å²) < 4.78 is 15.2. The first kappa shape index (κ1) is 10.9. The van der Waals surface area contributed by atoms with Gasteiger partial charge in [-0.15, -0.1) is 0 Å². The van der Waals surface area contributed by atoms with Gasteiger partial charge in [0, 0.05) is 19.6 Å². The molecule has 0 saturated carbocycles. The molecule has 0 bridgehead atoms. The number of morpholine rings is 1. The lowest BCUT2D eigenvalue weighted by molar-refractivity contribution is -0.188. The number of hydrogen-bond donors (Lipinski definition) is 0. The maximum absolute atomic E-state index is 11.6. The second-order valence-corrected chi connectivity index (χ2v) is 4.15. The summed E-state index contributed by atoms with van der Waals surface area (Å²) >= 11 is 0. The Hall–Kier alpha value is -0.650. The molecule has 86 valence electrons. The highest BCUT2D eigenvalue weighted by Gasteiger charge is 2.48. The number of carbonyl (C=O) groups is 1. The molecule has 0 N–H and O–H groups in total. The lowest BCUT2D eigenvalue weighted by atomic mass is 9.85. The van der Waals surface area contributed by atoms with Crippen molar-refractivity contribution in [3.05, 3.63) is 0 Å². The van der Waals surface area contributed by atoms with Crippen molar-refractivity contribution in [3.63, 3.8) is 0 Å². The molecule has 0 spiro atoms. The van der Waals surface area contributed by atoms with Gasteiger partial charge >= 0.3 is 5.97 Å². The molecule has 0 unspecified atom stereocenters. The van der Waals surface area contributed by atoms with Gasteiger partial charge in [-0.1, -0.05) is 0 Å². The monoisotopic (exact) mass is 215 g/mol. The molecule has 2 fully saturated rings. The van der Waals surface area contributed by atoms with E-state index >= 15 is 0 Å². The van der Waals surface area contributed by atoms with Gasteiger partial charge in [-0.2, -0.15) is 0 Å². The molecule has 2 rings (SSSR count). The molecule has 15 heavy (non-hydrogen) atoms. The summed E-state index contributed by atoms with van der Waals surface area (Å²) in [6.07, 6.45) is 0. The minimum Gasteiger partial charge on any atom is -0.468 e. The van der Waals surface area contributed by atoms with E-state index < -0.39 is 5.41 Å². The van der Waals surface area contributed by atoms with E-state index in [1.807, 2.05) is 0 Å². The fourth-order valence-electron chi connectivity index (χ4n) is 2.03. The molecule has 0 aromatic rings. The van der Waals surface area contributed by atoms with E-state index in [4.69, 9.17) is 14.2 Å². The first-order valence-electron chi connectivity index (χ1n) is 5.23. The van der Waals surface area contributed by atoms with Gasteiger partial charge in [-0.05, 0) is 0 Å². The summed E-state index contributed by atoms with van der Waals surface area (Å²) in [6.45, 7) is 4.96. The van der Waals surface area contributed by atoms with E-state index in [2.05, 4.69) is 4.90 Å². The van der Waals surface area contributed by atoms with Crippen molar-refractivity contribution >= 4 is 5.97 Å². The van der Waals surface area contributed by atoms with Crippen LogP contribution >= 0.6 is 0 Å². The van der Waals surface area contributed by atoms with Gasteiger partial charge in [0.15, 0.2) is 0 Å². The third-order valence-electron chi connectivity index (χ3n) is 3.01. The van der Waals surface area contributed by atoms with E-state index in [0.29, 0.717) is 13.2 Å². The van der Waals surface area contributed by atoms with Crippen LogP contribution in [0, 0.1) is 5.41 Å². The Bertz CT molecular complexity index is 234. The molecule has 0 radical (unpaired) electrons. The zero-order valence-electron chi connectivity index (χ0n) is 9.03. The second kappa shape index (κ2) is 4.47.